The zero-order valence-electron chi connectivity index (χ0n) is 10.7. The Bertz CT molecular complexity index is 625. The highest BCUT2D eigenvalue weighted by atomic mass is 16.1. The Kier molecular flexibility index (Phi) is 4.04. The first-order chi connectivity index (χ1) is 9.18. The van der Waals surface area contributed by atoms with Crippen molar-refractivity contribution in [3.63, 3.8) is 0 Å². The Morgan fingerprint density at radius 3 is 2.05 bits per heavy atom. The normalized spacial score (nSPS) is 10.6. The minimum Gasteiger partial charge on any atom is -0.289 e. The Balaban J connectivity index is 2.14. The van der Waals surface area contributed by atoms with Crippen molar-refractivity contribution in [3.8, 4) is 0 Å². The van der Waals surface area contributed by atoms with E-state index in [0.29, 0.717) is 11.1 Å². The smallest absolute Gasteiger partial charge is 0.186 e. The molecule has 0 aliphatic carbocycles. The van der Waals surface area contributed by atoms with Gasteiger partial charge in [0, 0.05) is 11.1 Å². The Morgan fingerprint density at radius 2 is 1.37 bits per heavy atom. The SMILES string of the molecule is Cc1ccccc1C(=O)C=CC(=O)c1ccccc1. The first-order valence-electron chi connectivity index (χ1n) is 6.06. The summed E-state index contributed by atoms with van der Waals surface area (Å²) in [6.45, 7) is 1.88. The molecule has 2 heteroatoms. The molecule has 0 fully saturated rings. The highest BCUT2D eigenvalue weighted by molar-refractivity contribution is 6.12. The van der Waals surface area contributed by atoms with Crippen LogP contribution in [0.25, 0.3) is 0 Å². The molecule has 94 valence electrons. The molecule has 0 aliphatic heterocycles. The fourth-order valence-corrected chi connectivity index (χ4v) is 1.79. The van der Waals surface area contributed by atoms with Gasteiger partial charge in [-0.2, -0.15) is 0 Å². The van der Waals surface area contributed by atoms with Crippen LogP contribution in [0.1, 0.15) is 26.3 Å². The summed E-state index contributed by atoms with van der Waals surface area (Å²) in [5, 5.41) is 0. The molecule has 2 rings (SSSR count). The van der Waals surface area contributed by atoms with Crippen LogP contribution < -0.4 is 0 Å². The minimum atomic E-state index is -0.164. The van der Waals surface area contributed by atoms with Gasteiger partial charge < -0.3 is 0 Å². The van der Waals surface area contributed by atoms with Gasteiger partial charge in [0.1, 0.15) is 0 Å². The molecule has 0 atom stereocenters. The van der Waals surface area contributed by atoms with Crippen LogP contribution in [0, 0.1) is 6.92 Å². The highest BCUT2D eigenvalue weighted by Crippen LogP contribution is 2.09. The number of hydrogen-bond donors (Lipinski definition) is 0. The van der Waals surface area contributed by atoms with Gasteiger partial charge >= 0.3 is 0 Å². The largest absolute Gasteiger partial charge is 0.289 e. The van der Waals surface area contributed by atoms with Crippen LogP contribution in [0.15, 0.2) is 66.7 Å². The first-order valence-corrected chi connectivity index (χ1v) is 6.06. The summed E-state index contributed by atoms with van der Waals surface area (Å²) >= 11 is 0. The van der Waals surface area contributed by atoms with Crippen LogP contribution in [0.3, 0.4) is 0 Å². The Labute approximate surface area is 112 Å². The van der Waals surface area contributed by atoms with Crippen molar-refractivity contribution in [2.75, 3.05) is 0 Å². The quantitative estimate of drug-likeness (QED) is 0.613. The van der Waals surface area contributed by atoms with Crippen molar-refractivity contribution in [2.45, 2.75) is 6.92 Å². The molecule has 0 amide bonds. The lowest BCUT2D eigenvalue weighted by molar-refractivity contribution is 0.102. The predicted octanol–water partition coefficient (Wildman–Crippen LogP) is 3.62. The molecular formula is C17H14O2. The molecule has 0 saturated carbocycles. The molecule has 0 N–H and O–H groups in total. The molecule has 0 bridgehead atoms. The summed E-state index contributed by atoms with van der Waals surface area (Å²) in [7, 11) is 0. The second-order valence-corrected chi connectivity index (χ2v) is 4.24. The van der Waals surface area contributed by atoms with Gasteiger partial charge in [0.2, 0.25) is 0 Å². The number of benzene rings is 2. The van der Waals surface area contributed by atoms with Crippen molar-refractivity contribution in [1.29, 1.82) is 0 Å². The third kappa shape index (κ3) is 3.26. The second kappa shape index (κ2) is 5.91. The van der Waals surface area contributed by atoms with E-state index >= 15 is 0 Å². The van der Waals surface area contributed by atoms with E-state index in [1.165, 1.54) is 12.2 Å². The average molecular weight is 250 g/mol. The van der Waals surface area contributed by atoms with Gasteiger partial charge in [-0.15, -0.1) is 0 Å². The summed E-state index contributed by atoms with van der Waals surface area (Å²) < 4.78 is 0. The number of ketones is 2. The lowest BCUT2D eigenvalue weighted by Gasteiger charge is -2.00. The highest BCUT2D eigenvalue weighted by Gasteiger charge is 2.06. The van der Waals surface area contributed by atoms with E-state index in [1.54, 1.807) is 30.3 Å². The lowest BCUT2D eigenvalue weighted by atomic mass is 10.0. The van der Waals surface area contributed by atoms with Crippen molar-refractivity contribution < 1.29 is 9.59 Å². The topological polar surface area (TPSA) is 34.1 Å². The molecule has 2 nitrogen and oxygen atoms in total. The maximum atomic E-state index is 12.0. The Morgan fingerprint density at radius 1 is 0.789 bits per heavy atom. The number of carbonyl (C=O) groups excluding carboxylic acids is 2. The van der Waals surface area contributed by atoms with Crippen molar-refractivity contribution >= 4 is 11.6 Å². The van der Waals surface area contributed by atoms with E-state index in [9.17, 15) is 9.59 Å². The molecule has 0 radical (unpaired) electrons. The minimum absolute atomic E-state index is 0.151. The van der Waals surface area contributed by atoms with E-state index < -0.39 is 0 Å². The van der Waals surface area contributed by atoms with Crippen molar-refractivity contribution in [3.05, 3.63) is 83.4 Å². The van der Waals surface area contributed by atoms with Gasteiger partial charge in [-0.25, -0.2) is 0 Å². The van der Waals surface area contributed by atoms with Crippen LogP contribution in [-0.2, 0) is 0 Å². The number of hydrogen-bond acceptors (Lipinski definition) is 2. The van der Waals surface area contributed by atoms with Gasteiger partial charge in [0.15, 0.2) is 11.6 Å². The standard InChI is InChI=1S/C17H14O2/c1-13-7-5-6-10-15(13)17(19)12-11-16(18)14-8-3-2-4-9-14/h2-12H,1H3. The van der Waals surface area contributed by atoms with Crippen LogP contribution in [0.4, 0.5) is 0 Å². The van der Waals surface area contributed by atoms with Crippen LogP contribution >= 0.6 is 0 Å². The number of allylic oxidation sites excluding steroid dienone is 2. The Hall–Kier alpha value is -2.48. The molecule has 0 heterocycles. The third-order valence-electron chi connectivity index (χ3n) is 2.85. The molecular weight excluding hydrogens is 236 g/mol. The maximum absolute atomic E-state index is 12.0. The molecule has 0 aromatic heterocycles. The molecule has 0 aliphatic rings. The van der Waals surface area contributed by atoms with Gasteiger partial charge in [-0.05, 0) is 24.6 Å². The summed E-state index contributed by atoms with van der Waals surface area (Å²) in [4.78, 5) is 23.8. The fraction of sp³-hybridized carbons (Fsp3) is 0.0588. The third-order valence-corrected chi connectivity index (χ3v) is 2.85. The maximum Gasteiger partial charge on any atom is 0.186 e. The van der Waals surface area contributed by atoms with Crippen LogP contribution in [0.5, 0.6) is 0 Å². The van der Waals surface area contributed by atoms with Gasteiger partial charge in [0.05, 0.1) is 0 Å². The van der Waals surface area contributed by atoms with E-state index in [2.05, 4.69) is 0 Å². The molecule has 0 saturated heterocycles. The zero-order valence-corrected chi connectivity index (χ0v) is 10.7. The van der Waals surface area contributed by atoms with Crippen molar-refractivity contribution in [1.82, 2.24) is 0 Å². The van der Waals surface area contributed by atoms with Crippen LogP contribution in [-0.4, -0.2) is 11.6 Å². The number of carbonyl (C=O) groups is 2. The molecule has 2 aromatic rings. The van der Waals surface area contributed by atoms with Gasteiger partial charge in [-0.1, -0.05) is 54.6 Å². The van der Waals surface area contributed by atoms with Crippen molar-refractivity contribution in [2.24, 2.45) is 0 Å². The van der Waals surface area contributed by atoms with E-state index in [-0.39, 0.29) is 11.6 Å². The van der Waals surface area contributed by atoms with Crippen LogP contribution in [0.2, 0.25) is 0 Å². The average Bonchev–Trinajstić information content (AvgIpc) is 2.46. The fourth-order valence-electron chi connectivity index (χ4n) is 1.79. The summed E-state index contributed by atoms with van der Waals surface area (Å²) in [6, 6.07) is 16.2. The second-order valence-electron chi connectivity index (χ2n) is 4.24. The van der Waals surface area contributed by atoms with E-state index in [4.69, 9.17) is 0 Å². The van der Waals surface area contributed by atoms with Gasteiger partial charge in [-0.3, -0.25) is 9.59 Å². The summed E-state index contributed by atoms with van der Waals surface area (Å²) in [5.74, 6) is -0.315. The lowest BCUT2D eigenvalue weighted by Crippen LogP contribution is -2.00. The first kappa shape index (κ1) is 13.0. The van der Waals surface area contributed by atoms with E-state index in [0.717, 1.165) is 5.56 Å². The number of rotatable bonds is 4. The molecule has 0 spiro atoms. The molecule has 2 aromatic carbocycles. The molecule has 19 heavy (non-hydrogen) atoms. The predicted molar refractivity (Wildman–Crippen MR) is 75.4 cm³/mol. The summed E-state index contributed by atoms with van der Waals surface area (Å²) in [6.07, 6.45) is 2.65. The zero-order chi connectivity index (χ0) is 13.7. The van der Waals surface area contributed by atoms with E-state index in [1.807, 2.05) is 31.2 Å². The number of aryl methyl sites for hydroxylation is 1. The van der Waals surface area contributed by atoms with Gasteiger partial charge in [0.25, 0.3) is 0 Å². The molecule has 0 unspecified atom stereocenters. The monoisotopic (exact) mass is 250 g/mol. The summed E-state index contributed by atoms with van der Waals surface area (Å²) in [5.41, 5.74) is 2.11.